The molecule has 5 rings (SSSR count). The first-order valence-corrected chi connectivity index (χ1v) is 14.7. The van der Waals surface area contributed by atoms with Crippen molar-refractivity contribution in [1.29, 1.82) is 0 Å². The Balaban J connectivity index is 1.35. The van der Waals surface area contributed by atoms with Crippen molar-refractivity contribution in [3.63, 3.8) is 0 Å². The van der Waals surface area contributed by atoms with Crippen molar-refractivity contribution in [2.75, 3.05) is 5.75 Å². The number of β-lactam (4-membered cyclic amide) rings is 1. The van der Waals surface area contributed by atoms with E-state index in [4.69, 9.17) is 4.74 Å². The quantitative estimate of drug-likeness (QED) is 0.284. The normalized spacial score (nSPS) is 23.3. The molecular formula is C32H36N2O4S. The number of carbonyl (C=O) groups excluding carboxylic acids is 2. The third-order valence-electron chi connectivity index (χ3n) is 7.44. The molecule has 3 aromatic carbocycles. The predicted octanol–water partition coefficient (Wildman–Crippen LogP) is 4.78. The minimum atomic E-state index is -1.19. The third-order valence-corrected chi connectivity index (χ3v) is 8.90. The Hall–Kier alpha value is -3.13. The maximum Gasteiger partial charge on any atom is 0.249 e. The SMILES string of the molecule is CC(C)CC1CS[C@@H]2[C@H](NC(=O)Cc3ccccc3)C(=O)N2C1C(O)OC(c1ccccc1)c1ccccc1. The molecule has 2 aliphatic heterocycles. The topological polar surface area (TPSA) is 78.9 Å². The summed E-state index contributed by atoms with van der Waals surface area (Å²) < 4.78 is 6.44. The third kappa shape index (κ3) is 6.21. The molecule has 0 aliphatic carbocycles. The fourth-order valence-electron chi connectivity index (χ4n) is 5.67. The number of hydrogen-bond donors (Lipinski definition) is 2. The van der Waals surface area contributed by atoms with Crippen LogP contribution in [0.25, 0.3) is 0 Å². The molecule has 6 nitrogen and oxygen atoms in total. The summed E-state index contributed by atoms with van der Waals surface area (Å²) in [6.45, 7) is 4.31. The lowest BCUT2D eigenvalue weighted by molar-refractivity contribution is -0.199. The van der Waals surface area contributed by atoms with Gasteiger partial charge in [0.05, 0.1) is 12.5 Å². The molecule has 39 heavy (non-hydrogen) atoms. The molecule has 0 bridgehead atoms. The van der Waals surface area contributed by atoms with Crippen molar-refractivity contribution < 1.29 is 19.4 Å². The number of hydrogen-bond acceptors (Lipinski definition) is 5. The van der Waals surface area contributed by atoms with Crippen LogP contribution in [0.4, 0.5) is 0 Å². The van der Waals surface area contributed by atoms with Crippen LogP contribution in [-0.4, -0.2) is 51.3 Å². The van der Waals surface area contributed by atoms with Crippen LogP contribution in [0.5, 0.6) is 0 Å². The molecule has 5 atom stereocenters. The van der Waals surface area contributed by atoms with Gasteiger partial charge in [-0.1, -0.05) is 105 Å². The van der Waals surface area contributed by atoms with Gasteiger partial charge >= 0.3 is 0 Å². The summed E-state index contributed by atoms with van der Waals surface area (Å²) in [5.74, 6) is 0.915. The van der Waals surface area contributed by atoms with Crippen molar-refractivity contribution in [2.24, 2.45) is 11.8 Å². The first-order chi connectivity index (χ1) is 18.9. The van der Waals surface area contributed by atoms with Gasteiger partial charge in [-0.2, -0.15) is 0 Å². The number of ether oxygens (including phenoxy) is 1. The number of rotatable bonds is 10. The van der Waals surface area contributed by atoms with Crippen LogP contribution in [0.15, 0.2) is 91.0 Å². The number of fused-ring (bicyclic) bond motifs is 1. The maximum atomic E-state index is 13.5. The smallest absolute Gasteiger partial charge is 0.249 e. The van der Waals surface area contributed by atoms with E-state index in [1.165, 1.54) is 0 Å². The second-order valence-corrected chi connectivity index (χ2v) is 11.9. The molecule has 2 amide bonds. The van der Waals surface area contributed by atoms with Crippen LogP contribution in [0.1, 0.15) is 43.1 Å². The van der Waals surface area contributed by atoms with E-state index in [1.54, 1.807) is 16.7 Å². The molecule has 7 heteroatoms. The summed E-state index contributed by atoms with van der Waals surface area (Å²) in [6.07, 6.45) is -0.579. The molecule has 2 heterocycles. The summed E-state index contributed by atoms with van der Waals surface area (Å²) in [6, 6.07) is 28.1. The molecule has 0 radical (unpaired) electrons. The number of amides is 2. The predicted molar refractivity (Wildman–Crippen MR) is 154 cm³/mol. The number of nitrogens with zero attached hydrogens (tertiary/aromatic N) is 1. The van der Waals surface area contributed by atoms with Crippen molar-refractivity contribution in [2.45, 2.75) is 56.5 Å². The Bertz CT molecular complexity index is 1200. The van der Waals surface area contributed by atoms with Gasteiger partial charge in [-0.3, -0.25) is 9.59 Å². The molecule has 0 saturated carbocycles. The van der Waals surface area contributed by atoms with Gasteiger partial charge in [-0.05, 0) is 34.9 Å². The van der Waals surface area contributed by atoms with Crippen LogP contribution < -0.4 is 5.32 Å². The lowest BCUT2D eigenvalue weighted by Gasteiger charge is -2.57. The van der Waals surface area contributed by atoms with E-state index >= 15 is 0 Å². The Kier molecular flexibility index (Phi) is 8.70. The number of aliphatic hydroxyl groups is 1. The standard InChI is InChI=1S/C32H36N2O4S/c1-21(2)18-25-20-39-31-27(33-26(35)19-22-12-6-3-7-13-22)30(36)34(31)28(25)32(37)38-29(23-14-8-4-9-15-23)24-16-10-5-11-17-24/h3-17,21,25,27-29,31-32,37H,18-20H2,1-2H3,(H,33,35)/t25?,27-,28?,31-,32?/m1/s1. The Morgan fingerprint density at radius 3 is 2.10 bits per heavy atom. The fourth-order valence-corrected chi connectivity index (χ4v) is 7.23. The number of carbonyl (C=O) groups is 2. The van der Waals surface area contributed by atoms with Gasteiger partial charge in [-0.25, -0.2) is 0 Å². The monoisotopic (exact) mass is 544 g/mol. The zero-order valence-corrected chi connectivity index (χ0v) is 23.2. The number of thioether (sulfide) groups is 1. The summed E-state index contributed by atoms with van der Waals surface area (Å²) >= 11 is 1.68. The molecule has 3 unspecified atom stereocenters. The maximum absolute atomic E-state index is 13.5. The molecule has 3 aromatic rings. The minimum absolute atomic E-state index is 0.0679. The first kappa shape index (κ1) is 27.4. The van der Waals surface area contributed by atoms with Crippen molar-refractivity contribution in [3.8, 4) is 0 Å². The highest BCUT2D eigenvalue weighted by Gasteiger charge is 2.57. The molecule has 2 N–H and O–H groups in total. The molecule has 2 fully saturated rings. The van der Waals surface area contributed by atoms with Gasteiger partial charge in [0.1, 0.15) is 17.5 Å². The molecule has 0 spiro atoms. The lowest BCUT2D eigenvalue weighted by Crippen LogP contribution is -2.76. The highest BCUT2D eigenvalue weighted by molar-refractivity contribution is 8.00. The molecule has 0 aromatic heterocycles. The molecule has 2 aliphatic rings. The van der Waals surface area contributed by atoms with Crippen LogP contribution in [0, 0.1) is 11.8 Å². The minimum Gasteiger partial charge on any atom is -0.366 e. The van der Waals surface area contributed by atoms with Crippen molar-refractivity contribution in [3.05, 3.63) is 108 Å². The van der Waals surface area contributed by atoms with Crippen LogP contribution in [0.3, 0.4) is 0 Å². The molecule has 2 saturated heterocycles. The Morgan fingerprint density at radius 1 is 0.974 bits per heavy atom. The van der Waals surface area contributed by atoms with Crippen molar-refractivity contribution in [1.82, 2.24) is 10.2 Å². The highest BCUT2D eigenvalue weighted by Crippen LogP contribution is 2.44. The summed E-state index contributed by atoms with van der Waals surface area (Å²) in [5.41, 5.74) is 2.78. The van der Waals surface area contributed by atoms with E-state index in [-0.39, 0.29) is 29.5 Å². The fraction of sp³-hybridized carbons (Fsp3) is 0.375. The van der Waals surface area contributed by atoms with Gasteiger partial charge in [0.15, 0.2) is 6.29 Å². The van der Waals surface area contributed by atoms with Crippen LogP contribution >= 0.6 is 11.8 Å². The zero-order valence-electron chi connectivity index (χ0n) is 22.4. The number of benzene rings is 3. The largest absolute Gasteiger partial charge is 0.366 e. The van der Waals surface area contributed by atoms with Crippen LogP contribution in [0.2, 0.25) is 0 Å². The highest BCUT2D eigenvalue weighted by atomic mass is 32.2. The first-order valence-electron chi connectivity index (χ1n) is 13.6. The van der Waals surface area contributed by atoms with Gasteiger partial charge < -0.3 is 20.1 Å². The van der Waals surface area contributed by atoms with Gasteiger partial charge in [0, 0.05) is 5.75 Å². The number of aliphatic hydroxyl groups excluding tert-OH is 1. The van der Waals surface area contributed by atoms with E-state index in [9.17, 15) is 14.7 Å². The van der Waals surface area contributed by atoms with Gasteiger partial charge in [-0.15, -0.1) is 11.8 Å². The Morgan fingerprint density at radius 2 is 1.54 bits per heavy atom. The Labute approximate surface area is 234 Å². The second kappa shape index (κ2) is 12.4. The van der Waals surface area contributed by atoms with Gasteiger partial charge in [0.25, 0.3) is 0 Å². The number of nitrogens with one attached hydrogen (secondary N) is 1. The van der Waals surface area contributed by atoms with E-state index in [0.29, 0.717) is 5.92 Å². The average molecular weight is 545 g/mol. The summed E-state index contributed by atoms with van der Waals surface area (Å²) in [4.78, 5) is 28.0. The van der Waals surface area contributed by atoms with Crippen molar-refractivity contribution >= 4 is 23.6 Å². The van der Waals surface area contributed by atoms with E-state index in [2.05, 4.69) is 19.2 Å². The van der Waals surface area contributed by atoms with Crippen LogP contribution in [-0.2, 0) is 20.7 Å². The average Bonchev–Trinajstić information content (AvgIpc) is 2.95. The lowest BCUT2D eigenvalue weighted by atomic mass is 9.87. The summed E-state index contributed by atoms with van der Waals surface area (Å²) in [7, 11) is 0. The van der Waals surface area contributed by atoms with Gasteiger partial charge in [0.2, 0.25) is 11.8 Å². The summed E-state index contributed by atoms with van der Waals surface area (Å²) in [5, 5.41) is 14.4. The van der Waals surface area contributed by atoms with E-state index in [0.717, 1.165) is 28.9 Å². The van der Waals surface area contributed by atoms with E-state index < -0.39 is 24.5 Å². The van der Waals surface area contributed by atoms with E-state index in [1.807, 2.05) is 91.0 Å². The second-order valence-electron chi connectivity index (χ2n) is 10.8. The zero-order chi connectivity index (χ0) is 27.4. The molecular weight excluding hydrogens is 508 g/mol. The molecule has 204 valence electrons.